The minimum Gasteiger partial charge on any atom is -0.394 e. The van der Waals surface area contributed by atoms with Crippen LogP contribution in [0.3, 0.4) is 0 Å². The van der Waals surface area contributed by atoms with Crippen molar-refractivity contribution < 1.29 is 14.2 Å². The second kappa shape index (κ2) is 4.38. The second-order valence-corrected chi connectivity index (χ2v) is 5.28. The van der Waals surface area contributed by atoms with Gasteiger partial charge < -0.3 is 15.6 Å². The van der Waals surface area contributed by atoms with E-state index in [9.17, 15) is 10.4 Å². The smallest absolute Gasteiger partial charge is 0.230 e. The molecule has 1 fully saturated rings. The number of nitrogen functional groups attached to an aromatic ring is 1. The monoisotopic (exact) mass is 291 g/mol. The van der Waals surface area contributed by atoms with Gasteiger partial charge in [0.05, 0.1) is 18.4 Å². The average molecular weight is 291 g/mol. The first kappa shape index (κ1) is 13.7. The highest BCUT2D eigenvalue weighted by Crippen LogP contribution is 2.49. The number of ether oxygens (including phenoxy) is 1. The zero-order valence-electron chi connectivity index (χ0n) is 11.3. The van der Waals surface area contributed by atoms with Crippen molar-refractivity contribution in [1.29, 1.82) is 5.26 Å². The van der Waals surface area contributed by atoms with E-state index in [4.69, 9.17) is 10.5 Å². The zero-order chi connectivity index (χ0) is 15.3. The van der Waals surface area contributed by atoms with Crippen molar-refractivity contribution >= 4 is 11.3 Å². The number of rotatable bonds is 2. The maximum atomic E-state index is 15.0. The van der Waals surface area contributed by atoms with Gasteiger partial charge in [0.1, 0.15) is 17.9 Å². The molecular weight excluding hydrogens is 277 g/mol. The highest BCUT2D eigenvalue weighted by atomic mass is 19.1. The molecule has 2 aromatic rings. The summed E-state index contributed by atoms with van der Waals surface area (Å²) in [5, 5.41) is 22.8. The maximum Gasteiger partial charge on any atom is 0.230 e. The molecule has 0 bridgehead atoms. The first-order valence-electron chi connectivity index (χ1n) is 6.43. The van der Waals surface area contributed by atoms with E-state index in [-0.39, 0.29) is 24.5 Å². The van der Waals surface area contributed by atoms with Crippen LogP contribution in [-0.4, -0.2) is 38.1 Å². The SMILES string of the molecule is C[C@@]1(F)C[C@@H](CO)O[C@@]1(C#N)c1ccc2c(N)ncnn12. The zero-order valence-corrected chi connectivity index (χ0v) is 11.3. The van der Waals surface area contributed by atoms with Gasteiger partial charge in [-0.2, -0.15) is 10.4 Å². The Morgan fingerprint density at radius 3 is 3.05 bits per heavy atom. The molecule has 0 saturated carbocycles. The molecule has 1 aliphatic heterocycles. The van der Waals surface area contributed by atoms with Gasteiger partial charge >= 0.3 is 0 Å². The number of hydrogen-bond donors (Lipinski definition) is 2. The average Bonchev–Trinajstić information content (AvgIpc) is 2.98. The lowest BCUT2D eigenvalue weighted by Gasteiger charge is -2.29. The summed E-state index contributed by atoms with van der Waals surface area (Å²) in [6.45, 7) is 0.930. The van der Waals surface area contributed by atoms with E-state index in [1.807, 2.05) is 6.07 Å². The lowest BCUT2D eigenvalue weighted by Crippen LogP contribution is -2.42. The van der Waals surface area contributed by atoms with Crippen LogP contribution in [0.5, 0.6) is 0 Å². The molecule has 2 aromatic heterocycles. The number of alkyl halides is 1. The first-order chi connectivity index (χ1) is 9.95. The third kappa shape index (κ3) is 1.71. The largest absolute Gasteiger partial charge is 0.394 e. The lowest BCUT2D eigenvalue weighted by atomic mass is 9.83. The number of nitrogens with two attached hydrogens (primary N) is 1. The van der Waals surface area contributed by atoms with Crippen molar-refractivity contribution in [3.05, 3.63) is 24.2 Å². The van der Waals surface area contributed by atoms with E-state index in [0.29, 0.717) is 5.52 Å². The highest BCUT2D eigenvalue weighted by molar-refractivity contribution is 5.66. The van der Waals surface area contributed by atoms with Crippen LogP contribution < -0.4 is 5.73 Å². The summed E-state index contributed by atoms with van der Waals surface area (Å²) >= 11 is 0. The van der Waals surface area contributed by atoms with E-state index in [1.165, 1.54) is 17.8 Å². The highest BCUT2D eigenvalue weighted by Gasteiger charge is 2.61. The van der Waals surface area contributed by atoms with Crippen LogP contribution in [-0.2, 0) is 10.3 Å². The second-order valence-electron chi connectivity index (χ2n) is 5.28. The van der Waals surface area contributed by atoms with Crippen LogP contribution in [0.25, 0.3) is 5.52 Å². The van der Waals surface area contributed by atoms with Crippen LogP contribution in [0.4, 0.5) is 10.2 Å². The molecule has 3 rings (SSSR count). The fraction of sp³-hybridized carbons (Fsp3) is 0.462. The Balaban J connectivity index is 2.24. The molecule has 3 heterocycles. The van der Waals surface area contributed by atoms with Gasteiger partial charge in [-0.25, -0.2) is 13.9 Å². The van der Waals surface area contributed by atoms with E-state index in [1.54, 1.807) is 12.1 Å². The van der Waals surface area contributed by atoms with E-state index in [2.05, 4.69) is 10.1 Å². The maximum absolute atomic E-state index is 15.0. The molecule has 7 nitrogen and oxygen atoms in total. The molecular formula is C13H14FN5O2. The van der Waals surface area contributed by atoms with Crippen LogP contribution in [0.15, 0.2) is 18.5 Å². The van der Waals surface area contributed by atoms with Crippen LogP contribution >= 0.6 is 0 Å². The molecule has 0 aromatic carbocycles. The standard InChI is InChI=1S/C13H14FN5O2/c1-12(14)4-8(5-20)21-13(12,6-15)10-3-2-9-11(16)17-7-18-19(9)10/h2-3,7-8,20H,4-5H2,1H3,(H2,16,17,18)/t8-,12+,13-/m0/s1. The number of fused-ring (bicyclic) bond motifs is 1. The lowest BCUT2D eigenvalue weighted by molar-refractivity contribution is -0.0718. The molecule has 8 heteroatoms. The molecule has 3 atom stereocenters. The summed E-state index contributed by atoms with van der Waals surface area (Å²) in [5.74, 6) is 0.224. The molecule has 110 valence electrons. The third-order valence-corrected chi connectivity index (χ3v) is 3.89. The normalized spacial score (nSPS) is 32.4. The first-order valence-corrected chi connectivity index (χ1v) is 6.43. The Bertz CT molecular complexity index is 738. The number of anilines is 1. The van der Waals surface area contributed by atoms with Gasteiger partial charge in [0.25, 0.3) is 0 Å². The molecule has 0 aliphatic carbocycles. The number of hydrogen-bond acceptors (Lipinski definition) is 6. The molecule has 0 unspecified atom stereocenters. The predicted octanol–water partition coefficient (Wildman–Crippen LogP) is 0.540. The molecule has 3 N–H and O–H groups in total. The van der Waals surface area contributed by atoms with Gasteiger partial charge in [-0.15, -0.1) is 0 Å². The van der Waals surface area contributed by atoms with Crippen molar-refractivity contribution in [2.75, 3.05) is 12.3 Å². The molecule has 21 heavy (non-hydrogen) atoms. The molecule has 0 spiro atoms. The van der Waals surface area contributed by atoms with Crippen LogP contribution in [0, 0.1) is 11.3 Å². The summed E-state index contributed by atoms with van der Waals surface area (Å²) in [4.78, 5) is 3.85. The Hall–Kier alpha value is -2.24. The molecule has 1 saturated heterocycles. The number of aromatic nitrogens is 3. The molecule has 0 radical (unpaired) electrons. The Kier molecular flexibility index (Phi) is 2.86. The Morgan fingerprint density at radius 2 is 2.43 bits per heavy atom. The number of halogens is 1. The van der Waals surface area contributed by atoms with Crippen LogP contribution in [0.2, 0.25) is 0 Å². The fourth-order valence-electron chi connectivity index (χ4n) is 2.83. The van der Waals surface area contributed by atoms with Gasteiger partial charge in [0, 0.05) is 6.42 Å². The minimum atomic E-state index is -1.97. The Morgan fingerprint density at radius 1 is 1.67 bits per heavy atom. The predicted molar refractivity (Wildman–Crippen MR) is 70.8 cm³/mol. The van der Waals surface area contributed by atoms with Crippen molar-refractivity contribution in [3.8, 4) is 6.07 Å². The van der Waals surface area contributed by atoms with E-state index >= 15 is 4.39 Å². The summed E-state index contributed by atoms with van der Waals surface area (Å²) in [6, 6.07) is 5.07. The summed E-state index contributed by atoms with van der Waals surface area (Å²) < 4.78 is 21.9. The van der Waals surface area contributed by atoms with E-state index < -0.39 is 17.4 Å². The van der Waals surface area contributed by atoms with Crippen molar-refractivity contribution in [2.45, 2.75) is 30.7 Å². The summed E-state index contributed by atoms with van der Waals surface area (Å²) in [7, 11) is 0. The van der Waals surface area contributed by atoms with Crippen molar-refractivity contribution in [3.63, 3.8) is 0 Å². The topological polar surface area (TPSA) is 109 Å². The van der Waals surface area contributed by atoms with Gasteiger partial charge in [0.2, 0.25) is 5.60 Å². The van der Waals surface area contributed by atoms with Gasteiger partial charge in [-0.1, -0.05) is 0 Å². The van der Waals surface area contributed by atoms with Crippen molar-refractivity contribution in [2.24, 2.45) is 0 Å². The van der Waals surface area contributed by atoms with E-state index in [0.717, 1.165) is 0 Å². The summed E-state index contributed by atoms with van der Waals surface area (Å²) in [5.41, 5.74) is 2.62. The number of aliphatic hydroxyl groups excluding tert-OH is 1. The van der Waals surface area contributed by atoms with Crippen LogP contribution in [0.1, 0.15) is 19.0 Å². The number of nitriles is 1. The minimum absolute atomic E-state index is 0.0785. The fourth-order valence-corrected chi connectivity index (χ4v) is 2.83. The third-order valence-electron chi connectivity index (χ3n) is 3.89. The molecule has 0 amide bonds. The molecule has 1 aliphatic rings. The Labute approximate surface area is 119 Å². The summed E-state index contributed by atoms with van der Waals surface area (Å²) in [6.07, 6.45) is 0.403. The quantitative estimate of drug-likeness (QED) is 0.835. The van der Waals surface area contributed by atoms with Gasteiger partial charge in [0.15, 0.2) is 11.5 Å². The van der Waals surface area contributed by atoms with Gasteiger partial charge in [-0.05, 0) is 19.1 Å². The van der Waals surface area contributed by atoms with Crippen molar-refractivity contribution in [1.82, 2.24) is 14.6 Å². The van der Waals surface area contributed by atoms with Gasteiger partial charge in [-0.3, -0.25) is 0 Å². The number of aliphatic hydroxyl groups is 1. The number of nitrogens with zero attached hydrogens (tertiary/aromatic N) is 4.